The zero-order valence-electron chi connectivity index (χ0n) is 37.3. The number of amides is 2. The molecule has 2 heterocycles. The second kappa shape index (κ2) is 20.5. The molecule has 1 N–H and O–H groups in total. The van der Waals surface area contributed by atoms with E-state index in [0.717, 1.165) is 73.0 Å². The number of nitrogens with zero attached hydrogens (tertiary/aromatic N) is 3. The van der Waals surface area contributed by atoms with Crippen molar-refractivity contribution in [3.63, 3.8) is 0 Å². The number of aromatic hydroxyl groups is 1. The SMILES string of the molecule is CN(CCCC[C@H](O[Si](C)(C)C(C)(C)C)c1ccc(O)c2c1C=CC(=O)C2)C(=O)C1CCN(C(=O)CCN2CCC(OC(=O)Cc3ccccc3-c3ccccc3)CC2)CC1. The minimum Gasteiger partial charge on any atom is -0.508 e. The largest absolute Gasteiger partial charge is 0.508 e. The van der Waals surface area contributed by atoms with Gasteiger partial charge >= 0.3 is 5.97 Å². The number of ether oxygens (including phenoxy) is 1. The summed E-state index contributed by atoms with van der Waals surface area (Å²) in [4.78, 5) is 58.0. The molecule has 3 aromatic rings. The van der Waals surface area contributed by atoms with Crippen LogP contribution in [0.15, 0.2) is 72.8 Å². The van der Waals surface area contributed by atoms with Crippen LogP contribution in [0.2, 0.25) is 18.1 Å². The maximum Gasteiger partial charge on any atom is 0.310 e. The Kier molecular flexibility index (Phi) is 15.5. The number of piperidine rings is 2. The van der Waals surface area contributed by atoms with E-state index in [2.05, 4.69) is 50.9 Å². The molecule has 0 spiro atoms. The molecule has 0 aromatic heterocycles. The van der Waals surface area contributed by atoms with Gasteiger partial charge < -0.3 is 29.0 Å². The number of ketones is 1. The lowest BCUT2D eigenvalue weighted by atomic mass is 9.88. The molecule has 3 aromatic carbocycles. The zero-order valence-corrected chi connectivity index (χ0v) is 38.3. The van der Waals surface area contributed by atoms with E-state index in [1.165, 1.54) is 0 Å². The Morgan fingerprint density at radius 3 is 2.28 bits per heavy atom. The van der Waals surface area contributed by atoms with Gasteiger partial charge in [0, 0.05) is 70.6 Å². The van der Waals surface area contributed by atoms with Crippen molar-refractivity contribution in [3.05, 3.63) is 95.1 Å². The van der Waals surface area contributed by atoms with Gasteiger partial charge in [-0.3, -0.25) is 19.2 Å². The molecule has 0 saturated carbocycles. The van der Waals surface area contributed by atoms with E-state index in [0.29, 0.717) is 51.0 Å². The summed E-state index contributed by atoms with van der Waals surface area (Å²) < 4.78 is 12.9. The monoisotopic (exact) mass is 849 g/mol. The van der Waals surface area contributed by atoms with E-state index in [-0.39, 0.29) is 65.3 Å². The number of phenols is 1. The van der Waals surface area contributed by atoms with E-state index >= 15 is 0 Å². The maximum absolute atomic E-state index is 13.5. The molecule has 0 bridgehead atoms. The third kappa shape index (κ3) is 12.1. The maximum atomic E-state index is 13.5. The molecule has 0 unspecified atom stereocenters. The van der Waals surface area contributed by atoms with Crippen LogP contribution >= 0.6 is 0 Å². The summed E-state index contributed by atoms with van der Waals surface area (Å²) in [6.45, 7) is 15.3. The van der Waals surface area contributed by atoms with E-state index in [1.54, 1.807) is 12.1 Å². The quantitative estimate of drug-likeness (QED) is 0.0865. The predicted molar refractivity (Wildman–Crippen MR) is 243 cm³/mol. The van der Waals surface area contributed by atoms with Crippen LogP contribution in [0.3, 0.4) is 0 Å². The van der Waals surface area contributed by atoms with Crippen LogP contribution in [0.25, 0.3) is 17.2 Å². The number of phenolic OH excluding ortho intramolecular Hbond substituents is 1. The Hall–Kier alpha value is -4.58. The Morgan fingerprint density at radius 2 is 1.57 bits per heavy atom. The average Bonchev–Trinajstić information content (AvgIpc) is 3.24. The van der Waals surface area contributed by atoms with E-state index in [4.69, 9.17) is 9.16 Å². The van der Waals surface area contributed by atoms with Crippen molar-refractivity contribution in [2.45, 2.75) is 115 Å². The van der Waals surface area contributed by atoms with Gasteiger partial charge in [-0.2, -0.15) is 0 Å². The van der Waals surface area contributed by atoms with Gasteiger partial charge in [-0.15, -0.1) is 0 Å². The number of hydrogen-bond donors (Lipinski definition) is 1. The molecule has 1 atom stereocenters. The Balaban J connectivity index is 0.895. The summed E-state index contributed by atoms with van der Waals surface area (Å²) in [6.07, 6.45) is 9.30. The summed E-state index contributed by atoms with van der Waals surface area (Å²) in [7, 11) is -0.279. The third-order valence-corrected chi connectivity index (χ3v) is 17.9. The second-order valence-electron chi connectivity index (χ2n) is 18.8. The number of benzene rings is 3. The molecule has 0 radical (unpaired) electrons. The van der Waals surface area contributed by atoms with Crippen LogP contribution in [-0.4, -0.2) is 104 Å². The predicted octanol–water partition coefficient (Wildman–Crippen LogP) is 8.77. The van der Waals surface area contributed by atoms with Gasteiger partial charge in [0.2, 0.25) is 11.8 Å². The van der Waals surface area contributed by atoms with Crippen molar-refractivity contribution in [1.82, 2.24) is 14.7 Å². The smallest absolute Gasteiger partial charge is 0.310 e. The standard InChI is InChI=1S/C50H67N3O7Si/c1-50(2,3)61(5,6)60-46(43-21-22-45(55)44-35-39(54)19-20-42(43)44)18-12-13-28-51(4)49(58)37-23-32-53(33-24-37)47(56)27-31-52-29-25-40(26-30-52)59-48(57)34-38-16-10-11-17-41(38)36-14-8-7-9-15-36/h7-11,14-17,19-22,37,40,46,55H,12-13,18,23-35H2,1-6H3/t46-/m0/s1. The van der Waals surface area contributed by atoms with Crippen molar-refractivity contribution in [2.75, 3.05) is 46.3 Å². The van der Waals surface area contributed by atoms with Crippen LogP contribution in [0, 0.1) is 5.92 Å². The normalized spacial score (nSPS) is 17.2. The van der Waals surface area contributed by atoms with Crippen LogP contribution in [0.5, 0.6) is 5.75 Å². The molecule has 2 fully saturated rings. The summed E-state index contributed by atoms with van der Waals surface area (Å²) in [5.74, 6) is 0.114. The molecule has 11 heteroatoms. The number of carbonyl (C=O) groups is 4. The topological polar surface area (TPSA) is 117 Å². The first-order chi connectivity index (χ1) is 29.1. The molecule has 2 aliphatic heterocycles. The first kappa shape index (κ1) is 45.9. The fourth-order valence-electron chi connectivity index (χ4n) is 8.65. The lowest BCUT2D eigenvalue weighted by molar-refractivity contribution is -0.150. The van der Waals surface area contributed by atoms with Gasteiger partial charge in [0.1, 0.15) is 11.9 Å². The van der Waals surface area contributed by atoms with Gasteiger partial charge in [0.25, 0.3) is 0 Å². The van der Waals surface area contributed by atoms with Crippen LogP contribution < -0.4 is 0 Å². The summed E-state index contributed by atoms with van der Waals surface area (Å²) in [5, 5.41) is 10.6. The van der Waals surface area contributed by atoms with E-state index in [9.17, 15) is 24.3 Å². The van der Waals surface area contributed by atoms with Crippen molar-refractivity contribution >= 4 is 38.0 Å². The molecule has 10 nitrogen and oxygen atoms in total. The Morgan fingerprint density at radius 1 is 0.885 bits per heavy atom. The van der Waals surface area contributed by atoms with Gasteiger partial charge in [-0.25, -0.2) is 0 Å². The first-order valence-electron chi connectivity index (χ1n) is 22.4. The fraction of sp³-hybridized carbons (Fsp3) is 0.520. The number of fused-ring (bicyclic) bond motifs is 1. The Bertz CT molecular complexity index is 2030. The molecule has 6 rings (SSSR count). The highest BCUT2D eigenvalue weighted by Gasteiger charge is 2.40. The molecule has 1 aliphatic carbocycles. The highest BCUT2D eigenvalue weighted by molar-refractivity contribution is 6.74. The van der Waals surface area contributed by atoms with Crippen LogP contribution in [0.4, 0.5) is 0 Å². The van der Waals surface area contributed by atoms with Gasteiger partial charge in [-0.05, 0) is 103 Å². The van der Waals surface area contributed by atoms with Crippen molar-refractivity contribution < 1.29 is 33.4 Å². The second-order valence-corrected chi connectivity index (χ2v) is 23.6. The minimum absolute atomic E-state index is 0.00990. The highest BCUT2D eigenvalue weighted by Crippen LogP contribution is 2.43. The number of unbranched alkanes of at least 4 members (excludes halogenated alkanes) is 1. The lowest BCUT2D eigenvalue weighted by Crippen LogP contribution is -2.45. The van der Waals surface area contributed by atoms with Crippen LogP contribution in [-0.2, 0) is 41.2 Å². The van der Waals surface area contributed by atoms with Gasteiger partial charge in [0.15, 0.2) is 14.1 Å². The number of allylic oxidation sites excluding steroid dienone is 1. The van der Waals surface area contributed by atoms with Gasteiger partial charge in [0.05, 0.1) is 12.5 Å². The number of rotatable bonds is 16. The van der Waals surface area contributed by atoms with Crippen LogP contribution in [0.1, 0.15) is 100 Å². The molecule has 2 amide bonds. The third-order valence-electron chi connectivity index (χ3n) is 13.4. The molecular formula is C50H67N3O7Si. The number of hydrogen-bond acceptors (Lipinski definition) is 8. The minimum atomic E-state index is -2.16. The molecule has 3 aliphatic rings. The summed E-state index contributed by atoms with van der Waals surface area (Å²) in [5.41, 5.74) is 5.66. The average molecular weight is 850 g/mol. The number of esters is 1. The van der Waals surface area contributed by atoms with Crippen molar-refractivity contribution in [2.24, 2.45) is 5.92 Å². The molecular weight excluding hydrogens is 783 g/mol. The number of carbonyl (C=O) groups excluding carboxylic acids is 4. The lowest BCUT2D eigenvalue weighted by Gasteiger charge is -2.40. The van der Waals surface area contributed by atoms with Crippen molar-refractivity contribution in [1.29, 1.82) is 0 Å². The molecule has 2 saturated heterocycles. The zero-order chi connectivity index (χ0) is 43.7. The number of likely N-dealkylation sites (tertiary alicyclic amines) is 2. The summed E-state index contributed by atoms with van der Waals surface area (Å²) >= 11 is 0. The van der Waals surface area contributed by atoms with E-state index in [1.807, 2.05) is 71.5 Å². The first-order valence-corrected chi connectivity index (χ1v) is 25.3. The molecule has 61 heavy (non-hydrogen) atoms. The molecule has 328 valence electrons. The van der Waals surface area contributed by atoms with Crippen molar-refractivity contribution in [3.8, 4) is 16.9 Å². The van der Waals surface area contributed by atoms with Gasteiger partial charge in [-0.1, -0.05) is 87.5 Å². The Labute approximate surface area is 364 Å². The highest BCUT2D eigenvalue weighted by atomic mass is 28.4. The van der Waals surface area contributed by atoms with E-state index < -0.39 is 8.32 Å². The summed E-state index contributed by atoms with van der Waals surface area (Å²) in [6, 6.07) is 21.7. The fourth-order valence-corrected chi connectivity index (χ4v) is 9.96.